The van der Waals surface area contributed by atoms with Crippen molar-refractivity contribution >= 4 is 35.5 Å². The number of rotatable bonds is 7. The lowest BCUT2D eigenvalue weighted by atomic mass is 9.87. The van der Waals surface area contributed by atoms with Crippen LogP contribution in [0.4, 0.5) is 4.39 Å². The molecule has 9 heteroatoms. The Balaban J connectivity index is 1.64. The van der Waals surface area contributed by atoms with E-state index in [-0.39, 0.29) is 27.7 Å². The molecule has 0 aliphatic rings. The van der Waals surface area contributed by atoms with Crippen LogP contribution in [0, 0.1) is 5.82 Å². The summed E-state index contributed by atoms with van der Waals surface area (Å²) >= 11 is 7.20. The first kappa shape index (κ1) is 23.9. The average Bonchev–Trinajstić information content (AvgIpc) is 3.16. The van der Waals surface area contributed by atoms with Crippen molar-refractivity contribution in [1.82, 2.24) is 20.2 Å². The minimum absolute atomic E-state index is 0.0748. The molecule has 2 aromatic carbocycles. The molecule has 6 nitrogen and oxygen atoms in total. The van der Waals surface area contributed by atoms with Crippen LogP contribution in [-0.2, 0) is 16.8 Å². The van der Waals surface area contributed by atoms with Gasteiger partial charge in [0.15, 0.2) is 11.0 Å². The summed E-state index contributed by atoms with van der Waals surface area (Å²) in [4.78, 5) is 12.2. The molecule has 3 aromatic rings. The summed E-state index contributed by atoms with van der Waals surface area (Å²) in [6.45, 7) is 9.18. The van der Waals surface area contributed by atoms with Gasteiger partial charge in [-0.1, -0.05) is 74.5 Å². The third-order valence-corrected chi connectivity index (χ3v) is 6.05. The van der Waals surface area contributed by atoms with Crippen LogP contribution in [0.2, 0.25) is 5.02 Å². The minimum Gasteiger partial charge on any atom is -0.302 e. The molecule has 1 N–H and O–H groups in total. The molecule has 0 aliphatic heterocycles. The van der Waals surface area contributed by atoms with E-state index in [0.29, 0.717) is 11.7 Å². The molecule has 0 fully saturated rings. The third kappa shape index (κ3) is 5.75. The second-order valence-electron chi connectivity index (χ2n) is 8.09. The number of benzene rings is 2. The van der Waals surface area contributed by atoms with Gasteiger partial charge in [0.1, 0.15) is 5.82 Å². The molecule has 0 saturated carbocycles. The van der Waals surface area contributed by atoms with Crippen LogP contribution in [0.3, 0.4) is 0 Å². The van der Waals surface area contributed by atoms with Gasteiger partial charge in [0, 0.05) is 17.7 Å². The maximum absolute atomic E-state index is 13.7. The van der Waals surface area contributed by atoms with Gasteiger partial charge in [-0.05, 0) is 30.0 Å². The van der Waals surface area contributed by atoms with Crippen LogP contribution >= 0.6 is 23.4 Å². The van der Waals surface area contributed by atoms with Gasteiger partial charge in [-0.2, -0.15) is 5.10 Å². The summed E-state index contributed by atoms with van der Waals surface area (Å²) in [5.74, 6) is -0.0174. The van der Waals surface area contributed by atoms with E-state index in [1.165, 1.54) is 35.7 Å². The van der Waals surface area contributed by atoms with Gasteiger partial charge in [-0.15, -0.1) is 10.2 Å². The largest absolute Gasteiger partial charge is 0.302 e. The Kier molecular flexibility index (Phi) is 7.69. The molecule has 0 bridgehead atoms. The topological polar surface area (TPSA) is 72.2 Å². The first-order valence-electron chi connectivity index (χ1n) is 10.1. The molecule has 1 amide bonds. The van der Waals surface area contributed by atoms with E-state index in [1.807, 2.05) is 23.6 Å². The second-order valence-corrected chi connectivity index (χ2v) is 9.44. The zero-order valence-corrected chi connectivity index (χ0v) is 20.0. The summed E-state index contributed by atoms with van der Waals surface area (Å²) in [6, 6.07) is 12.6. The van der Waals surface area contributed by atoms with Crippen molar-refractivity contribution in [2.24, 2.45) is 5.10 Å². The summed E-state index contributed by atoms with van der Waals surface area (Å²) in [6.07, 6.45) is 1.19. The normalized spacial score (nSPS) is 11.8. The number of aromatic nitrogens is 3. The molecular weight excluding hydrogens is 449 g/mol. The smallest absolute Gasteiger partial charge is 0.250 e. The molecular formula is C23H25ClFN5OS. The van der Waals surface area contributed by atoms with Crippen LogP contribution in [0.15, 0.2) is 52.7 Å². The Hall–Kier alpha value is -2.71. The predicted octanol–water partition coefficient (Wildman–Crippen LogP) is 5.30. The molecule has 0 aliphatic carbocycles. The Labute approximate surface area is 196 Å². The number of nitrogens with zero attached hydrogens (tertiary/aromatic N) is 4. The maximum atomic E-state index is 13.7. The fourth-order valence-electron chi connectivity index (χ4n) is 2.98. The van der Waals surface area contributed by atoms with Crippen LogP contribution in [0.5, 0.6) is 0 Å². The lowest BCUT2D eigenvalue weighted by Crippen LogP contribution is -2.20. The van der Waals surface area contributed by atoms with Crippen LogP contribution in [0.25, 0.3) is 11.4 Å². The summed E-state index contributed by atoms with van der Waals surface area (Å²) in [5.41, 5.74) is 4.78. The molecule has 0 atom stereocenters. The van der Waals surface area contributed by atoms with Gasteiger partial charge in [-0.25, -0.2) is 9.82 Å². The third-order valence-electron chi connectivity index (χ3n) is 4.76. The Bertz CT molecular complexity index is 1100. The van der Waals surface area contributed by atoms with E-state index >= 15 is 0 Å². The van der Waals surface area contributed by atoms with Gasteiger partial charge in [0.25, 0.3) is 5.91 Å². The number of nitrogens with one attached hydrogen (secondary N) is 1. The minimum atomic E-state index is -0.510. The van der Waals surface area contributed by atoms with Gasteiger partial charge in [-0.3, -0.25) is 4.79 Å². The van der Waals surface area contributed by atoms with Crippen molar-refractivity contribution in [1.29, 1.82) is 0 Å². The zero-order valence-electron chi connectivity index (χ0n) is 18.4. The summed E-state index contributed by atoms with van der Waals surface area (Å²) < 4.78 is 15.7. The van der Waals surface area contributed by atoms with Gasteiger partial charge in [0.05, 0.1) is 17.0 Å². The van der Waals surface area contributed by atoms with Crippen molar-refractivity contribution in [3.05, 3.63) is 64.4 Å². The first-order chi connectivity index (χ1) is 15.2. The molecule has 0 unspecified atom stereocenters. The van der Waals surface area contributed by atoms with E-state index in [9.17, 15) is 9.18 Å². The van der Waals surface area contributed by atoms with E-state index in [1.54, 1.807) is 6.07 Å². The second kappa shape index (κ2) is 10.3. The maximum Gasteiger partial charge on any atom is 0.250 e. The number of hydrazone groups is 1. The van der Waals surface area contributed by atoms with Crippen molar-refractivity contribution in [3.63, 3.8) is 0 Å². The Morgan fingerprint density at radius 3 is 2.56 bits per heavy atom. The highest BCUT2D eigenvalue weighted by Crippen LogP contribution is 2.27. The van der Waals surface area contributed by atoms with Crippen molar-refractivity contribution < 1.29 is 9.18 Å². The van der Waals surface area contributed by atoms with Gasteiger partial charge in [0.2, 0.25) is 0 Å². The summed E-state index contributed by atoms with van der Waals surface area (Å²) in [5, 5.41) is 13.2. The lowest BCUT2D eigenvalue weighted by Gasteiger charge is -2.19. The van der Waals surface area contributed by atoms with E-state index in [4.69, 9.17) is 11.6 Å². The van der Waals surface area contributed by atoms with Crippen LogP contribution < -0.4 is 5.43 Å². The van der Waals surface area contributed by atoms with Crippen molar-refractivity contribution in [2.75, 3.05) is 5.75 Å². The number of carbonyl (C=O) groups is 1. The van der Waals surface area contributed by atoms with Crippen LogP contribution in [0.1, 0.15) is 38.8 Å². The van der Waals surface area contributed by atoms with Crippen molar-refractivity contribution in [3.8, 4) is 11.4 Å². The monoisotopic (exact) mass is 473 g/mol. The summed E-state index contributed by atoms with van der Waals surface area (Å²) in [7, 11) is 0. The molecule has 32 heavy (non-hydrogen) atoms. The molecule has 1 aromatic heterocycles. The van der Waals surface area contributed by atoms with Crippen molar-refractivity contribution in [2.45, 2.75) is 44.8 Å². The standard InChI is InChI=1S/C23H25ClFN5OS/c1-5-30-21(15-9-11-16(12-10-15)23(2,3)4)28-29-22(30)32-14-20(31)27-26-13-17-18(24)7-6-8-19(17)25/h6-13H,5,14H2,1-4H3,(H,27,31)/b26-13+. The quantitative estimate of drug-likeness (QED) is 0.287. The number of hydrogen-bond donors (Lipinski definition) is 1. The average molecular weight is 474 g/mol. The van der Waals surface area contributed by atoms with E-state index in [2.05, 4.69) is 53.6 Å². The lowest BCUT2D eigenvalue weighted by molar-refractivity contribution is -0.118. The van der Waals surface area contributed by atoms with Gasteiger partial charge >= 0.3 is 0 Å². The Morgan fingerprint density at radius 1 is 1.22 bits per heavy atom. The number of amides is 1. The zero-order chi connectivity index (χ0) is 23.3. The highest BCUT2D eigenvalue weighted by atomic mass is 35.5. The number of thioether (sulfide) groups is 1. The molecule has 1 heterocycles. The molecule has 0 spiro atoms. The van der Waals surface area contributed by atoms with E-state index in [0.717, 1.165) is 11.4 Å². The SMILES string of the molecule is CCn1c(SCC(=O)N/N=C/c2c(F)cccc2Cl)nnc1-c1ccc(C(C)(C)C)cc1. The fraction of sp³-hybridized carbons (Fsp3) is 0.304. The van der Waals surface area contributed by atoms with E-state index < -0.39 is 5.82 Å². The number of hydrogen-bond acceptors (Lipinski definition) is 5. The van der Waals surface area contributed by atoms with Gasteiger partial charge < -0.3 is 4.57 Å². The molecule has 168 valence electrons. The Morgan fingerprint density at radius 2 is 1.94 bits per heavy atom. The molecule has 3 rings (SSSR count). The van der Waals surface area contributed by atoms with Crippen LogP contribution in [-0.4, -0.2) is 32.6 Å². The first-order valence-corrected chi connectivity index (χ1v) is 11.5. The number of halogens is 2. The highest BCUT2D eigenvalue weighted by Gasteiger charge is 2.17. The molecule has 0 saturated heterocycles. The fourth-order valence-corrected chi connectivity index (χ4v) is 3.99. The highest BCUT2D eigenvalue weighted by molar-refractivity contribution is 7.99. The predicted molar refractivity (Wildman–Crippen MR) is 128 cm³/mol. The number of carbonyl (C=O) groups excluding carboxylic acids is 1. The molecule has 0 radical (unpaired) electrons.